The van der Waals surface area contributed by atoms with E-state index in [1.54, 1.807) is 0 Å². The molecule has 2 unspecified atom stereocenters. The van der Waals surface area contributed by atoms with Crippen LogP contribution in [0.15, 0.2) is 0 Å². The van der Waals surface area contributed by atoms with Gasteiger partial charge in [-0.15, -0.1) is 11.8 Å². The highest BCUT2D eigenvalue weighted by molar-refractivity contribution is 8.00. The second-order valence-electron chi connectivity index (χ2n) is 3.52. The van der Waals surface area contributed by atoms with Gasteiger partial charge in [-0.3, -0.25) is 4.79 Å². The van der Waals surface area contributed by atoms with Crippen molar-refractivity contribution in [3.05, 3.63) is 0 Å². The molecule has 0 heterocycles. The van der Waals surface area contributed by atoms with Crippen molar-refractivity contribution in [2.24, 2.45) is 11.7 Å². The van der Waals surface area contributed by atoms with Crippen LogP contribution in [0, 0.1) is 5.92 Å². The van der Waals surface area contributed by atoms with Crippen molar-refractivity contribution < 1.29 is 14.6 Å². The monoisotopic (exact) mass is 219 g/mol. The smallest absolute Gasteiger partial charge is 0.315 e. The minimum Gasteiger partial charge on any atom is -0.468 e. The second-order valence-corrected chi connectivity index (χ2v) is 4.75. The summed E-state index contributed by atoms with van der Waals surface area (Å²) in [6.07, 6.45) is 2.30. The lowest BCUT2D eigenvalue weighted by Crippen LogP contribution is -2.37. The lowest BCUT2D eigenvalue weighted by molar-refractivity contribution is -0.137. The van der Waals surface area contributed by atoms with E-state index in [0.717, 1.165) is 12.8 Å². The quantitative estimate of drug-likeness (QED) is 0.615. The molecule has 1 saturated carbocycles. The summed E-state index contributed by atoms with van der Waals surface area (Å²) in [5, 5.41) is 9.07. The number of ether oxygens (including phenoxy) is 1. The molecule has 14 heavy (non-hydrogen) atoms. The first-order valence-electron chi connectivity index (χ1n) is 4.74. The molecule has 0 aromatic rings. The van der Waals surface area contributed by atoms with Gasteiger partial charge in [-0.25, -0.2) is 0 Å². The van der Waals surface area contributed by atoms with E-state index >= 15 is 0 Å². The van der Waals surface area contributed by atoms with E-state index in [-0.39, 0.29) is 29.6 Å². The number of carbonyl (C=O) groups is 1. The molecule has 0 bridgehead atoms. The van der Waals surface area contributed by atoms with Crippen molar-refractivity contribution in [3.8, 4) is 0 Å². The molecule has 0 aromatic heterocycles. The molecule has 5 heteroatoms. The summed E-state index contributed by atoms with van der Waals surface area (Å²) in [4.78, 5) is 10.9. The second kappa shape index (κ2) is 5.58. The first-order chi connectivity index (χ1) is 6.69. The third-order valence-electron chi connectivity index (χ3n) is 2.42. The van der Waals surface area contributed by atoms with Crippen LogP contribution in [0.4, 0.5) is 0 Å². The highest BCUT2D eigenvalue weighted by Gasteiger charge is 2.34. The molecule has 1 fully saturated rings. The van der Waals surface area contributed by atoms with E-state index in [4.69, 9.17) is 10.8 Å². The zero-order valence-corrected chi connectivity index (χ0v) is 9.13. The molecule has 2 atom stereocenters. The molecule has 0 spiro atoms. The average molecular weight is 219 g/mol. The average Bonchev–Trinajstić information content (AvgIpc) is 3.01. The Labute approximate surface area is 88.2 Å². The maximum Gasteiger partial charge on any atom is 0.315 e. The first-order valence-corrected chi connectivity index (χ1v) is 5.78. The lowest BCUT2D eigenvalue weighted by Gasteiger charge is -2.20. The van der Waals surface area contributed by atoms with Gasteiger partial charge in [-0.2, -0.15) is 0 Å². The number of methoxy groups -OCH3 is 1. The number of hydrogen-bond donors (Lipinski definition) is 2. The van der Waals surface area contributed by atoms with E-state index in [2.05, 4.69) is 4.74 Å². The van der Waals surface area contributed by atoms with Crippen molar-refractivity contribution in [3.63, 3.8) is 0 Å². The highest BCUT2D eigenvalue weighted by atomic mass is 32.2. The molecule has 1 aliphatic rings. The van der Waals surface area contributed by atoms with Crippen molar-refractivity contribution in [2.75, 3.05) is 19.5 Å². The number of nitrogens with two attached hydrogens (primary N) is 1. The highest BCUT2D eigenvalue weighted by Crippen LogP contribution is 2.35. The van der Waals surface area contributed by atoms with Crippen LogP contribution in [0.25, 0.3) is 0 Å². The van der Waals surface area contributed by atoms with Crippen LogP contribution in [-0.2, 0) is 9.53 Å². The van der Waals surface area contributed by atoms with Gasteiger partial charge in [0, 0.05) is 11.3 Å². The van der Waals surface area contributed by atoms with Crippen molar-refractivity contribution in [1.82, 2.24) is 0 Å². The van der Waals surface area contributed by atoms with Crippen LogP contribution >= 0.6 is 11.8 Å². The Morgan fingerprint density at radius 3 is 2.79 bits per heavy atom. The van der Waals surface area contributed by atoms with Gasteiger partial charge in [0.2, 0.25) is 0 Å². The standard InChI is InChI=1S/C9H17NO3S/c1-13-8(12)5-14-7(4-11)9(10)6-2-3-6/h6-7,9,11H,2-5,10H2,1H3. The van der Waals surface area contributed by atoms with E-state index in [0.29, 0.717) is 5.92 Å². The number of carbonyl (C=O) groups excluding carboxylic acids is 1. The topological polar surface area (TPSA) is 72.5 Å². The number of aliphatic hydroxyl groups is 1. The van der Waals surface area contributed by atoms with E-state index in [1.165, 1.54) is 18.9 Å². The van der Waals surface area contributed by atoms with Crippen LogP contribution in [0.5, 0.6) is 0 Å². The number of esters is 1. The number of hydrogen-bond acceptors (Lipinski definition) is 5. The van der Waals surface area contributed by atoms with Crippen LogP contribution in [-0.4, -0.2) is 41.8 Å². The Balaban J connectivity index is 2.26. The molecular weight excluding hydrogens is 202 g/mol. The van der Waals surface area contributed by atoms with Crippen LogP contribution < -0.4 is 5.73 Å². The maximum atomic E-state index is 10.9. The molecule has 3 N–H and O–H groups in total. The fraction of sp³-hybridized carbons (Fsp3) is 0.889. The Hall–Kier alpha value is -0.260. The number of aliphatic hydroxyl groups excluding tert-OH is 1. The van der Waals surface area contributed by atoms with E-state index in [9.17, 15) is 4.79 Å². The van der Waals surface area contributed by atoms with Crippen LogP contribution in [0.1, 0.15) is 12.8 Å². The molecule has 1 rings (SSSR count). The minimum atomic E-state index is -0.267. The van der Waals surface area contributed by atoms with Crippen LogP contribution in [0.3, 0.4) is 0 Å². The molecule has 0 radical (unpaired) electrons. The fourth-order valence-corrected chi connectivity index (χ4v) is 2.32. The predicted octanol–water partition coefficient (Wildman–Crippen LogP) is -0.00920. The molecular formula is C9H17NO3S. The molecule has 0 aliphatic heterocycles. The lowest BCUT2D eigenvalue weighted by atomic mass is 10.1. The third-order valence-corrected chi connectivity index (χ3v) is 3.71. The molecule has 4 nitrogen and oxygen atoms in total. The normalized spacial score (nSPS) is 20.2. The number of thioether (sulfide) groups is 1. The summed E-state index contributed by atoms with van der Waals surface area (Å²) in [6.45, 7) is 0.0271. The molecule has 0 saturated heterocycles. The van der Waals surface area contributed by atoms with Crippen molar-refractivity contribution in [1.29, 1.82) is 0 Å². The van der Waals surface area contributed by atoms with Crippen molar-refractivity contribution >= 4 is 17.7 Å². The van der Waals surface area contributed by atoms with E-state index < -0.39 is 0 Å². The molecule has 1 aliphatic carbocycles. The van der Waals surface area contributed by atoms with Gasteiger partial charge < -0.3 is 15.6 Å². The van der Waals surface area contributed by atoms with Gasteiger partial charge in [0.05, 0.1) is 19.5 Å². The van der Waals surface area contributed by atoms with Crippen LogP contribution in [0.2, 0.25) is 0 Å². The molecule has 0 aromatic carbocycles. The summed E-state index contributed by atoms with van der Waals surface area (Å²) in [5.74, 6) is 0.538. The third kappa shape index (κ3) is 3.48. The Morgan fingerprint density at radius 2 is 2.36 bits per heavy atom. The maximum absolute atomic E-state index is 10.9. The van der Waals surface area contributed by atoms with Crippen molar-refractivity contribution in [2.45, 2.75) is 24.1 Å². The van der Waals surface area contributed by atoms with Gasteiger partial charge >= 0.3 is 5.97 Å². The largest absolute Gasteiger partial charge is 0.468 e. The summed E-state index contributed by atoms with van der Waals surface area (Å²) >= 11 is 1.38. The summed E-state index contributed by atoms with van der Waals surface area (Å²) in [5.41, 5.74) is 5.93. The molecule has 82 valence electrons. The summed E-state index contributed by atoms with van der Waals surface area (Å²) in [7, 11) is 1.36. The van der Waals surface area contributed by atoms with Gasteiger partial charge in [0.1, 0.15) is 0 Å². The zero-order chi connectivity index (χ0) is 10.6. The Bertz CT molecular complexity index is 196. The first kappa shape index (κ1) is 11.8. The fourth-order valence-electron chi connectivity index (χ4n) is 1.30. The minimum absolute atomic E-state index is 0.00894. The summed E-state index contributed by atoms with van der Waals surface area (Å²) in [6, 6.07) is 0.00894. The number of rotatable bonds is 6. The molecule has 0 amide bonds. The predicted molar refractivity (Wildman–Crippen MR) is 56.0 cm³/mol. The van der Waals surface area contributed by atoms with Gasteiger partial charge in [0.25, 0.3) is 0 Å². The Morgan fingerprint density at radius 1 is 1.71 bits per heavy atom. The van der Waals surface area contributed by atoms with Gasteiger partial charge in [0.15, 0.2) is 0 Å². The Kier molecular flexibility index (Phi) is 4.71. The van der Waals surface area contributed by atoms with Gasteiger partial charge in [-0.1, -0.05) is 0 Å². The van der Waals surface area contributed by atoms with E-state index in [1.807, 2.05) is 0 Å². The zero-order valence-electron chi connectivity index (χ0n) is 8.31. The summed E-state index contributed by atoms with van der Waals surface area (Å²) < 4.78 is 4.52. The SMILES string of the molecule is COC(=O)CSC(CO)C(N)C1CC1. The van der Waals surface area contributed by atoms with Gasteiger partial charge in [-0.05, 0) is 18.8 Å².